The van der Waals surface area contributed by atoms with Gasteiger partial charge in [0.15, 0.2) is 0 Å². The highest BCUT2D eigenvalue weighted by molar-refractivity contribution is 5.94. The van der Waals surface area contributed by atoms with Crippen LogP contribution in [0.5, 0.6) is 5.75 Å². The molecule has 0 spiro atoms. The monoisotopic (exact) mass is 220 g/mol. The number of carbonyl (C=O) groups is 1. The molecule has 0 aromatic heterocycles. The number of primary amides is 1. The SMILES string of the molecule is COc1ccc(C(N)=O)cc1NCC1CC1. The van der Waals surface area contributed by atoms with Gasteiger partial charge in [-0.1, -0.05) is 0 Å². The van der Waals surface area contributed by atoms with E-state index in [1.165, 1.54) is 12.8 Å². The van der Waals surface area contributed by atoms with Gasteiger partial charge < -0.3 is 15.8 Å². The van der Waals surface area contributed by atoms with E-state index in [1.807, 2.05) is 0 Å². The zero-order valence-electron chi connectivity index (χ0n) is 9.32. The zero-order valence-corrected chi connectivity index (χ0v) is 9.32. The molecule has 86 valence electrons. The fourth-order valence-corrected chi connectivity index (χ4v) is 1.58. The summed E-state index contributed by atoms with van der Waals surface area (Å²) in [6.07, 6.45) is 2.57. The predicted octanol–water partition coefficient (Wildman–Crippen LogP) is 1.62. The van der Waals surface area contributed by atoms with E-state index in [1.54, 1.807) is 25.3 Å². The molecule has 16 heavy (non-hydrogen) atoms. The fourth-order valence-electron chi connectivity index (χ4n) is 1.58. The molecule has 1 fully saturated rings. The summed E-state index contributed by atoms with van der Waals surface area (Å²) >= 11 is 0. The van der Waals surface area contributed by atoms with Crippen molar-refractivity contribution in [2.45, 2.75) is 12.8 Å². The first-order valence-corrected chi connectivity index (χ1v) is 5.42. The summed E-state index contributed by atoms with van der Waals surface area (Å²) in [4.78, 5) is 11.1. The third-order valence-electron chi connectivity index (χ3n) is 2.76. The molecule has 3 N–H and O–H groups in total. The smallest absolute Gasteiger partial charge is 0.248 e. The van der Waals surface area contributed by atoms with Gasteiger partial charge in [0.1, 0.15) is 5.75 Å². The number of carbonyl (C=O) groups excluding carboxylic acids is 1. The van der Waals surface area contributed by atoms with Crippen LogP contribution in [0.15, 0.2) is 18.2 Å². The lowest BCUT2D eigenvalue weighted by atomic mass is 10.1. The van der Waals surface area contributed by atoms with E-state index < -0.39 is 5.91 Å². The van der Waals surface area contributed by atoms with Crippen molar-refractivity contribution in [3.63, 3.8) is 0 Å². The molecule has 0 saturated heterocycles. The molecule has 1 aliphatic carbocycles. The minimum absolute atomic E-state index is 0.419. The highest BCUT2D eigenvalue weighted by Crippen LogP contribution is 2.31. The Morgan fingerprint density at radius 1 is 1.56 bits per heavy atom. The van der Waals surface area contributed by atoms with Gasteiger partial charge in [0, 0.05) is 12.1 Å². The quantitative estimate of drug-likeness (QED) is 0.792. The second-order valence-corrected chi connectivity index (χ2v) is 4.10. The number of benzene rings is 1. The Morgan fingerprint density at radius 3 is 2.88 bits per heavy atom. The summed E-state index contributed by atoms with van der Waals surface area (Å²) in [7, 11) is 1.61. The molecule has 0 bridgehead atoms. The fraction of sp³-hybridized carbons (Fsp3) is 0.417. The summed E-state index contributed by atoms with van der Waals surface area (Å²) in [5.41, 5.74) is 6.57. The first-order valence-electron chi connectivity index (χ1n) is 5.42. The summed E-state index contributed by atoms with van der Waals surface area (Å²) in [5, 5.41) is 3.29. The molecule has 0 radical (unpaired) electrons. The van der Waals surface area contributed by atoms with Crippen LogP contribution in [0, 0.1) is 5.92 Å². The van der Waals surface area contributed by atoms with Crippen molar-refractivity contribution in [3.05, 3.63) is 23.8 Å². The molecule has 1 aromatic carbocycles. The first kappa shape index (κ1) is 10.8. The molecular weight excluding hydrogens is 204 g/mol. The van der Waals surface area contributed by atoms with Gasteiger partial charge >= 0.3 is 0 Å². The number of ether oxygens (including phenoxy) is 1. The maximum Gasteiger partial charge on any atom is 0.248 e. The number of rotatable bonds is 5. The standard InChI is InChI=1S/C12H16N2O2/c1-16-11-5-4-9(12(13)15)6-10(11)14-7-8-2-3-8/h4-6,8,14H,2-3,7H2,1H3,(H2,13,15). The lowest BCUT2D eigenvalue weighted by molar-refractivity contribution is 0.100. The van der Waals surface area contributed by atoms with Gasteiger partial charge in [0.25, 0.3) is 0 Å². The molecule has 2 rings (SSSR count). The van der Waals surface area contributed by atoms with E-state index in [2.05, 4.69) is 5.32 Å². The van der Waals surface area contributed by atoms with E-state index in [9.17, 15) is 4.79 Å². The Morgan fingerprint density at radius 2 is 2.31 bits per heavy atom. The van der Waals surface area contributed by atoms with Crippen molar-refractivity contribution < 1.29 is 9.53 Å². The second-order valence-electron chi connectivity index (χ2n) is 4.10. The van der Waals surface area contributed by atoms with Crippen LogP contribution in [0.2, 0.25) is 0 Å². The lowest BCUT2D eigenvalue weighted by Crippen LogP contribution is -2.12. The lowest BCUT2D eigenvalue weighted by Gasteiger charge is -2.11. The van der Waals surface area contributed by atoms with Crippen LogP contribution < -0.4 is 15.8 Å². The van der Waals surface area contributed by atoms with Gasteiger partial charge in [-0.05, 0) is 37.0 Å². The molecule has 1 saturated carbocycles. The van der Waals surface area contributed by atoms with Crippen LogP contribution in [0.3, 0.4) is 0 Å². The van der Waals surface area contributed by atoms with Crippen molar-refractivity contribution in [2.75, 3.05) is 19.0 Å². The van der Waals surface area contributed by atoms with E-state index in [-0.39, 0.29) is 0 Å². The predicted molar refractivity (Wildman–Crippen MR) is 62.7 cm³/mol. The largest absolute Gasteiger partial charge is 0.495 e. The minimum atomic E-state index is -0.419. The maximum atomic E-state index is 11.1. The van der Waals surface area contributed by atoms with Gasteiger partial charge in [-0.25, -0.2) is 0 Å². The van der Waals surface area contributed by atoms with Gasteiger partial charge in [-0.2, -0.15) is 0 Å². The van der Waals surface area contributed by atoms with Crippen LogP contribution in [-0.4, -0.2) is 19.6 Å². The number of nitrogens with one attached hydrogen (secondary N) is 1. The minimum Gasteiger partial charge on any atom is -0.495 e. The Bertz CT molecular complexity index is 400. The van der Waals surface area contributed by atoms with Gasteiger partial charge in [-0.3, -0.25) is 4.79 Å². The molecule has 4 nitrogen and oxygen atoms in total. The van der Waals surface area contributed by atoms with Gasteiger partial charge in [0.05, 0.1) is 12.8 Å². The number of nitrogens with two attached hydrogens (primary N) is 1. The van der Waals surface area contributed by atoms with Gasteiger partial charge in [-0.15, -0.1) is 0 Å². The van der Waals surface area contributed by atoms with E-state index in [0.717, 1.165) is 23.9 Å². The number of amides is 1. The highest BCUT2D eigenvalue weighted by atomic mass is 16.5. The topological polar surface area (TPSA) is 64.3 Å². The number of anilines is 1. The van der Waals surface area contributed by atoms with Crippen LogP contribution in [-0.2, 0) is 0 Å². The number of hydrogen-bond donors (Lipinski definition) is 2. The van der Waals surface area contributed by atoms with Crippen molar-refractivity contribution in [3.8, 4) is 5.75 Å². The average molecular weight is 220 g/mol. The first-order chi connectivity index (χ1) is 7.70. The molecule has 1 amide bonds. The van der Waals surface area contributed by atoms with Crippen molar-refractivity contribution >= 4 is 11.6 Å². The molecular formula is C12H16N2O2. The molecule has 1 aromatic rings. The summed E-state index contributed by atoms with van der Waals surface area (Å²) in [6.45, 7) is 0.929. The molecule has 1 aliphatic rings. The summed E-state index contributed by atoms with van der Waals surface area (Å²) < 4.78 is 5.22. The Hall–Kier alpha value is -1.71. The van der Waals surface area contributed by atoms with Crippen LogP contribution in [0.4, 0.5) is 5.69 Å². The third kappa shape index (κ3) is 2.45. The summed E-state index contributed by atoms with van der Waals surface area (Å²) in [5.74, 6) is 1.09. The van der Waals surface area contributed by atoms with Crippen molar-refractivity contribution in [1.29, 1.82) is 0 Å². The van der Waals surface area contributed by atoms with Crippen LogP contribution in [0.1, 0.15) is 23.2 Å². The third-order valence-corrected chi connectivity index (χ3v) is 2.76. The molecule has 0 atom stereocenters. The van der Waals surface area contributed by atoms with Crippen LogP contribution >= 0.6 is 0 Å². The Balaban J connectivity index is 2.16. The van der Waals surface area contributed by atoms with E-state index in [0.29, 0.717) is 5.56 Å². The molecule has 4 heteroatoms. The second kappa shape index (κ2) is 4.43. The normalized spacial score (nSPS) is 14.6. The number of methoxy groups -OCH3 is 1. The van der Waals surface area contributed by atoms with Crippen molar-refractivity contribution in [1.82, 2.24) is 0 Å². The zero-order chi connectivity index (χ0) is 11.5. The average Bonchev–Trinajstić information content (AvgIpc) is 3.09. The summed E-state index contributed by atoms with van der Waals surface area (Å²) in [6, 6.07) is 5.17. The maximum absolute atomic E-state index is 11.1. The van der Waals surface area contributed by atoms with E-state index >= 15 is 0 Å². The Kier molecular flexibility index (Phi) is 2.99. The van der Waals surface area contributed by atoms with Gasteiger partial charge in [0.2, 0.25) is 5.91 Å². The van der Waals surface area contributed by atoms with E-state index in [4.69, 9.17) is 10.5 Å². The highest BCUT2D eigenvalue weighted by Gasteiger charge is 2.21. The van der Waals surface area contributed by atoms with Crippen LogP contribution in [0.25, 0.3) is 0 Å². The Labute approximate surface area is 94.8 Å². The molecule has 0 aliphatic heterocycles. The number of hydrogen-bond acceptors (Lipinski definition) is 3. The van der Waals surface area contributed by atoms with Crippen molar-refractivity contribution in [2.24, 2.45) is 11.7 Å². The molecule has 0 unspecified atom stereocenters. The molecule has 0 heterocycles.